The van der Waals surface area contributed by atoms with E-state index in [4.69, 9.17) is 4.74 Å². The number of nitrogens with zero attached hydrogens (tertiary/aromatic N) is 4. The molecule has 0 spiro atoms. The highest BCUT2D eigenvalue weighted by Gasteiger charge is 2.26. The maximum atomic E-state index is 13.7. The number of hydrogen-bond acceptors (Lipinski definition) is 4. The average Bonchev–Trinajstić information content (AvgIpc) is 3.10. The molecule has 6 nitrogen and oxygen atoms in total. The summed E-state index contributed by atoms with van der Waals surface area (Å²) < 4.78 is 21.1. The van der Waals surface area contributed by atoms with Crippen molar-refractivity contribution in [2.75, 3.05) is 13.1 Å². The Kier molecular flexibility index (Phi) is 4.85. The molecular formula is C20H21FN4O2. The monoisotopic (exact) mass is 368 g/mol. The predicted molar refractivity (Wildman–Crippen MR) is 97.8 cm³/mol. The molecule has 7 heteroatoms. The van der Waals surface area contributed by atoms with Gasteiger partial charge in [-0.25, -0.2) is 13.9 Å². The summed E-state index contributed by atoms with van der Waals surface area (Å²) in [5.74, 6) is -0.309. The van der Waals surface area contributed by atoms with E-state index in [1.807, 2.05) is 17.9 Å². The molecule has 3 heterocycles. The van der Waals surface area contributed by atoms with Crippen molar-refractivity contribution < 1.29 is 13.9 Å². The zero-order valence-electron chi connectivity index (χ0n) is 15.1. The number of amides is 1. The Hall–Kier alpha value is -2.80. The molecule has 1 amide bonds. The number of rotatable bonds is 4. The van der Waals surface area contributed by atoms with Crippen molar-refractivity contribution in [1.82, 2.24) is 19.5 Å². The van der Waals surface area contributed by atoms with Gasteiger partial charge in [0.25, 0.3) is 5.91 Å². The molecule has 1 fully saturated rings. The normalized spacial score (nSPS) is 15.4. The van der Waals surface area contributed by atoms with Crippen LogP contribution in [0, 0.1) is 12.7 Å². The molecule has 27 heavy (non-hydrogen) atoms. The fraction of sp³-hybridized carbons (Fsp3) is 0.350. The molecule has 140 valence electrons. The van der Waals surface area contributed by atoms with Gasteiger partial charge in [0.05, 0.1) is 18.9 Å². The number of ether oxygens (including phenoxy) is 1. The van der Waals surface area contributed by atoms with Gasteiger partial charge in [0.1, 0.15) is 11.4 Å². The number of aromatic nitrogens is 3. The largest absolute Gasteiger partial charge is 0.373 e. The van der Waals surface area contributed by atoms with Crippen molar-refractivity contribution >= 4 is 11.6 Å². The first-order chi connectivity index (χ1) is 13.1. The molecule has 1 saturated heterocycles. The standard InChI is InChI=1S/C20H21FN4O2/c1-14-6-11-25-19(23-14)17(12-22-25)20(26)24-9-7-16(8-10-24)27-13-15-4-2-3-5-18(15)21/h2-6,11-12,16H,7-10,13H2,1H3. The van der Waals surface area contributed by atoms with Crippen molar-refractivity contribution in [3.05, 3.63) is 65.4 Å². The Bertz CT molecular complexity index is 964. The minimum Gasteiger partial charge on any atom is -0.373 e. The Morgan fingerprint density at radius 2 is 2.04 bits per heavy atom. The minimum absolute atomic E-state index is 0.0259. The lowest BCUT2D eigenvalue weighted by atomic mass is 10.1. The van der Waals surface area contributed by atoms with E-state index in [9.17, 15) is 9.18 Å². The number of carbonyl (C=O) groups excluding carboxylic acids is 1. The fourth-order valence-electron chi connectivity index (χ4n) is 3.33. The highest BCUT2D eigenvalue weighted by Crippen LogP contribution is 2.20. The van der Waals surface area contributed by atoms with Crippen LogP contribution in [-0.4, -0.2) is 44.6 Å². The number of hydrogen-bond donors (Lipinski definition) is 0. The van der Waals surface area contributed by atoms with Crippen LogP contribution in [0.3, 0.4) is 0 Å². The molecule has 0 N–H and O–H groups in total. The van der Waals surface area contributed by atoms with Crippen LogP contribution >= 0.6 is 0 Å². The van der Waals surface area contributed by atoms with Gasteiger partial charge >= 0.3 is 0 Å². The molecule has 1 aliphatic heterocycles. The van der Waals surface area contributed by atoms with E-state index in [1.165, 1.54) is 6.07 Å². The number of aryl methyl sites for hydroxylation is 1. The van der Waals surface area contributed by atoms with E-state index >= 15 is 0 Å². The quantitative estimate of drug-likeness (QED) is 0.710. The average molecular weight is 368 g/mol. The Labute approximate surface area is 156 Å². The first-order valence-corrected chi connectivity index (χ1v) is 9.07. The van der Waals surface area contributed by atoms with E-state index in [-0.39, 0.29) is 24.4 Å². The van der Waals surface area contributed by atoms with E-state index < -0.39 is 0 Å². The van der Waals surface area contributed by atoms with Crippen LogP contribution in [0.25, 0.3) is 5.65 Å². The minimum atomic E-state index is -0.249. The summed E-state index contributed by atoms with van der Waals surface area (Å²) in [6, 6.07) is 8.49. The number of benzene rings is 1. The van der Waals surface area contributed by atoms with E-state index in [0.717, 1.165) is 18.5 Å². The zero-order valence-corrected chi connectivity index (χ0v) is 15.1. The number of likely N-dealkylation sites (tertiary alicyclic amines) is 1. The van der Waals surface area contributed by atoms with E-state index in [1.54, 1.807) is 35.1 Å². The second-order valence-corrected chi connectivity index (χ2v) is 6.79. The highest BCUT2D eigenvalue weighted by molar-refractivity contribution is 5.99. The zero-order chi connectivity index (χ0) is 18.8. The van der Waals surface area contributed by atoms with Gasteiger partial charge in [-0.1, -0.05) is 18.2 Å². The van der Waals surface area contributed by atoms with Gasteiger partial charge in [0, 0.05) is 30.5 Å². The third-order valence-electron chi connectivity index (χ3n) is 4.90. The van der Waals surface area contributed by atoms with Crippen LogP contribution in [-0.2, 0) is 11.3 Å². The van der Waals surface area contributed by atoms with Crippen molar-refractivity contribution in [1.29, 1.82) is 0 Å². The van der Waals surface area contributed by atoms with Crippen LogP contribution in [0.5, 0.6) is 0 Å². The van der Waals surface area contributed by atoms with Gasteiger partial charge in [0.15, 0.2) is 5.65 Å². The molecule has 0 atom stereocenters. The first kappa shape index (κ1) is 17.6. The smallest absolute Gasteiger partial charge is 0.259 e. The van der Waals surface area contributed by atoms with Gasteiger partial charge in [-0.05, 0) is 31.9 Å². The van der Waals surface area contributed by atoms with Crippen molar-refractivity contribution in [2.24, 2.45) is 0 Å². The van der Waals surface area contributed by atoms with E-state index in [0.29, 0.717) is 29.9 Å². The molecule has 4 rings (SSSR count). The Morgan fingerprint density at radius 3 is 2.81 bits per heavy atom. The van der Waals surface area contributed by atoms with Crippen LogP contribution in [0.1, 0.15) is 34.5 Å². The number of piperidine rings is 1. The second kappa shape index (κ2) is 7.44. The first-order valence-electron chi connectivity index (χ1n) is 9.07. The molecule has 0 radical (unpaired) electrons. The maximum Gasteiger partial charge on any atom is 0.259 e. The Balaban J connectivity index is 1.36. The molecule has 3 aromatic rings. The molecular weight excluding hydrogens is 347 g/mol. The maximum absolute atomic E-state index is 13.7. The predicted octanol–water partition coefficient (Wildman–Crippen LogP) is 3.00. The third-order valence-corrected chi connectivity index (χ3v) is 4.90. The highest BCUT2D eigenvalue weighted by atomic mass is 19.1. The lowest BCUT2D eigenvalue weighted by Crippen LogP contribution is -2.40. The van der Waals surface area contributed by atoms with Crippen LogP contribution < -0.4 is 0 Å². The molecule has 0 saturated carbocycles. The summed E-state index contributed by atoms with van der Waals surface area (Å²) in [5.41, 5.74) is 2.50. The van der Waals surface area contributed by atoms with Crippen molar-refractivity contribution in [2.45, 2.75) is 32.5 Å². The molecule has 1 aliphatic rings. The van der Waals surface area contributed by atoms with Crippen LogP contribution in [0.15, 0.2) is 42.7 Å². The van der Waals surface area contributed by atoms with Gasteiger partial charge in [0.2, 0.25) is 0 Å². The van der Waals surface area contributed by atoms with Gasteiger partial charge in [-0.15, -0.1) is 0 Å². The topological polar surface area (TPSA) is 59.7 Å². The molecule has 0 unspecified atom stereocenters. The summed E-state index contributed by atoms with van der Waals surface area (Å²) in [5, 5.41) is 4.21. The van der Waals surface area contributed by atoms with Crippen LogP contribution in [0.2, 0.25) is 0 Å². The van der Waals surface area contributed by atoms with E-state index in [2.05, 4.69) is 10.1 Å². The van der Waals surface area contributed by atoms with Gasteiger partial charge in [-0.3, -0.25) is 4.79 Å². The summed E-state index contributed by atoms with van der Waals surface area (Å²) >= 11 is 0. The second-order valence-electron chi connectivity index (χ2n) is 6.79. The molecule has 2 aromatic heterocycles. The summed E-state index contributed by atoms with van der Waals surface area (Å²) in [6.07, 6.45) is 4.86. The van der Waals surface area contributed by atoms with Crippen molar-refractivity contribution in [3.8, 4) is 0 Å². The number of carbonyl (C=O) groups is 1. The van der Waals surface area contributed by atoms with Crippen LogP contribution in [0.4, 0.5) is 4.39 Å². The van der Waals surface area contributed by atoms with Crippen molar-refractivity contribution in [3.63, 3.8) is 0 Å². The molecule has 1 aromatic carbocycles. The fourth-order valence-corrected chi connectivity index (χ4v) is 3.33. The lowest BCUT2D eigenvalue weighted by Gasteiger charge is -2.31. The van der Waals surface area contributed by atoms with Gasteiger partial charge < -0.3 is 9.64 Å². The molecule has 0 aliphatic carbocycles. The summed E-state index contributed by atoms with van der Waals surface area (Å²) in [4.78, 5) is 19.1. The summed E-state index contributed by atoms with van der Waals surface area (Å²) in [7, 11) is 0. The summed E-state index contributed by atoms with van der Waals surface area (Å²) in [6.45, 7) is 3.34. The SMILES string of the molecule is Cc1ccn2ncc(C(=O)N3CCC(OCc4ccccc4F)CC3)c2n1. The lowest BCUT2D eigenvalue weighted by molar-refractivity contribution is -0.00127. The molecule has 0 bridgehead atoms. The number of halogens is 1. The Morgan fingerprint density at radius 1 is 1.26 bits per heavy atom. The number of fused-ring (bicyclic) bond motifs is 1. The third kappa shape index (κ3) is 3.68. The van der Waals surface area contributed by atoms with Gasteiger partial charge in [-0.2, -0.15) is 5.10 Å².